The minimum Gasteiger partial charge on any atom is -0.198 e. The van der Waals surface area contributed by atoms with Crippen molar-refractivity contribution >= 4 is 10.8 Å². The number of nitrogens with zero attached hydrogens (tertiary/aromatic N) is 1. The molecule has 1 aliphatic rings. The first-order valence-electron chi connectivity index (χ1n) is 11.8. The second-order valence-electron chi connectivity index (χ2n) is 9.96. The summed E-state index contributed by atoms with van der Waals surface area (Å²) in [6, 6.07) is 20.9. The van der Waals surface area contributed by atoms with Crippen molar-refractivity contribution in [3.05, 3.63) is 88.6 Å². The minimum absolute atomic E-state index is 0.0298. The number of fused-ring (bicyclic) bond motifs is 4. The van der Waals surface area contributed by atoms with Crippen LogP contribution in [0.15, 0.2) is 60.6 Å². The van der Waals surface area contributed by atoms with Crippen molar-refractivity contribution in [3.8, 4) is 22.4 Å². The van der Waals surface area contributed by atoms with Crippen LogP contribution in [0.5, 0.6) is 0 Å². The minimum atomic E-state index is -0.0298. The first-order chi connectivity index (χ1) is 15.1. The van der Waals surface area contributed by atoms with E-state index in [0.29, 0.717) is 12.0 Å². The lowest BCUT2D eigenvalue weighted by atomic mass is 9.81. The summed E-state index contributed by atoms with van der Waals surface area (Å²) in [5, 5.41) is 2.20. The number of pyridine rings is 1. The summed E-state index contributed by atoms with van der Waals surface area (Å²) in [5.41, 5.74) is 11.5. The van der Waals surface area contributed by atoms with E-state index in [0.717, 1.165) is 16.5 Å². The van der Waals surface area contributed by atoms with Crippen LogP contribution in [0, 0.1) is 13.8 Å². The van der Waals surface area contributed by atoms with Crippen molar-refractivity contribution < 1.29 is 5.94 Å². The van der Waals surface area contributed by atoms with Gasteiger partial charge in [0.2, 0.25) is 5.69 Å². The molecule has 0 N–H and O–H groups in total. The second-order valence-corrected chi connectivity index (χ2v) is 9.96. The molecule has 5 rings (SSSR count). The molecule has 0 saturated carbocycles. The predicted octanol–water partition coefficient (Wildman–Crippen LogP) is 7.38. The highest BCUT2D eigenvalue weighted by molar-refractivity contribution is 5.95. The normalized spacial score (nSPS) is 14.6. The van der Waals surface area contributed by atoms with Gasteiger partial charge in [-0.3, -0.25) is 0 Å². The van der Waals surface area contributed by atoms with E-state index >= 15 is 0 Å². The van der Waals surface area contributed by atoms with E-state index in [1.807, 2.05) is 0 Å². The monoisotopic (exact) mass is 407 g/mol. The standard InChI is InChI=1S/C30H32N/c1-18(2)21-12-13-23-22(16-21)15-20(4)31(7)29(23)25-17-28-26(14-19(25)3)24-10-8-9-11-27(24)30(28,5)6/h8-18H,1-7H3/q+1/i15D. The van der Waals surface area contributed by atoms with Crippen molar-refractivity contribution in [1.29, 1.82) is 0 Å². The Morgan fingerprint density at radius 1 is 0.871 bits per heavy atom. The summed E-state index contributed by atoms with van der Waals surface area (Å²) in [7, 11) is 2.10. The SMILES string of the molecule is [2H]c1c(C)[n+](C)c(-c2cc3c(cc2C)-c2ccccc2C3(C)C)c2ccc(C(C)C)cc12. The Kier molecular flexibility index (Phi) is 4.12. The molecule has 0 fully saturated rings. The van der Waals surface area contributed by atoms with Gasteiger partial charge in [0.15, 0.2) is 5.69 Å². The molecular formula is C30H32N+. The van der Waals surface area contributed by atoms with E-state index in [9.17, 15) is 0 Å². The summed E-state index contributed by atoms with van der Waals surface area (Å²) < 4.78 is 11.0. The van der Waals surface area contributed by atoms with E-state index in [1.54, 1.807) is 0 Å². The number of aryl methyl sites for hydroxylation is 1. The Morgan fingerprint density at radius 2 is 1.61 bits per heavy atom. The second kappa shape index (κ2) is 6.79. The fourth-order valence-corrected chi connectivity index (χ4v) is 5.29. The van der Waals surface area contributed by atoms with Crippen LogP contribution < -0.4 is 4.57 Å². The number of rotatable bonds is 2. The molecule has 4 aromatic rings. The first kappa shape index (κ1) is 18.8. The van der Waals surface area contributed by atoms with Gasteiger partial charge in [0, 0.05) is 18.4 Å². The fourth-order valence-electron chi connectivity index (χ4n) is 5.29. The maximum Gasteiger partial charge on any atom is 0.220 e. The molecule has 156 valence electrons. The third-order valence-corrected chi connectivity index (χ3v) is 7.30. The van der Waals surface area contributed by atoms with Gasteiger partial charge in [-0.25, -0.2) is 0 Å². The molecule has 0 radical (unpaired) electrons. The van der Waals surface area contributed by atoms with Crippen LogP contribution in [0.3, 0.4) is 0 Å². The predicted molar refractivity (Wildman–Crippen MR) is 132 cm³/mol. The summed E-state index contributed by atoms with van der Waals surface area (Å²) in [5.74, 6) is 0.442. The van der Waals surface area contributed by atoms with Crippen LogP contribution in [0.4, 0.5) is 0 Å². The number of hydrogen-bond acceptors (Lipinski definition) is 0. The highest BCUT2D eigenvalue weighted by atomic mass is 14.9. The van der Waals surface area contributed by atoms with E-state index in [4.69, 9.17) is 1.37 Å². The summed E-state index contributed by atoms with van der Waals surface area (Å²) in [6.45, 7) is 13.4. The van der Waals surface area contributed by atoms with Crippen molar-refractivity contribution in [2.75, 3.05) is 0 Å². The molecule has 1 aliphatic carbocycles. The summed E-state index contributed by atoms with van der Waals surface area (Å²) >= 11 is 0. The van der Waals surface area contributed by atoms with Crippen LogP contribution >= 0.6 is 0 Å². The smallest absolute Gasteiger partial charge is 0.198 e. The van der Waals surface area contributed by atoms with Crippen LogP contribution in [0.25, 0.3) is 33.2 Å². The average Bonchev–Trinajstić information content (AvgIpc) is 2.99. The zero-order chi connectivity index (χ0) is 22.9. The van der Waals surface area contributed by atoms with E-state index in [-0.39, 0.29) is 5.41 Å². The molecule has 0 bridgehead atoms. The Morgan fingerprint density at radius 3 is 2.35 bits per heavy atom. The quantitative estimate of drug-likeness (QED) is 0.305. The largest absolute Gasteiger partial charge is 0.220 e. The topological polar surface area (TPSA) is 3.88 Å². The van der Waals surface area contributed by atoms with Crippen LogP contribution in [0.1, 0.15) is 62.9 Å². The molecular weight excluding hydrogens is 374 g/mol. The molecule has 0 amide bonds. The van der Waals surface area contributed by atoms with E-state index in [2.05, 4.69) is 108 Å². The Hall–Kier alpha value is -2.93. The molecule has 0 unspecified atom stereocenters. The average molecular weight is 408 g/mol. The molecule has 0 spiro atoms. The molecule has 1 aromatic heterocycles. The third kappa shape index (κ3) is 2.86. The van der Waals surface area contributed by atoms with E-state index in [1.165, 1.54) is 44.6 Å². The highest BCUT2D eigenvalue weighted by Gasteiger charge is 2.36. The maximum absolute atomic E-state index is 8.83. The Labute approximate surface area is 187 Å². The van der Waals surface area contributed by atoms with Gasteiger partial charge in [0.05, 0.1) is 12.3 Å². The maximum atomic E-state index is 8.83. The van der Waals surface area contributed by atoms with Gasteiger partial charge < -0.3 is 0 Å². The Balaban J connectivity index is 1.84. The van der Waals surface area contributed by atoms with Gasteiger partial charge >= 0.3 is 0 Å². The van der Waals surface area contributed by atoms with Crippen molar-refractivity contribution in [1.82, 2.24) is 0 Å². The lowest BCUT2D eigenvalue weighted by Gasteiger charge is -2.22. The summed E-state index contributed by atoms with van der Waals surface area (Å²) in [6.07, 6.45) is 0. The van der Waals surface area contributed by atoms with Crippen LogP contribution in [-0.4, -0.2) is 0 Å². The van der Waals surface area contributed by atoms with Gasteiger partial charge in [0.1, 0.15) is 7.05 Å². The van der Waals surface area contributed by atoms with Crippen molar-refractivity contribution in [2.45, 2.75) is 52.9 Å². The van der Waals surface area contributed by atoms with Crippen LogP contribution in [0.2, 0.25) is 0 Å². The molecule has 31 heavy (non-hydrogen) atoms. The van der Waals surface area contributed by atoms with Gasteiger partial charge in [-0.05, 0) is 63.7 Å². The molecule has 3 aromatic carbocycles. The fraction of sp³-hybridized carbons (Fsp3) is 0.300. The number of aromatic nitrogens is 1. The Bertz CT molecular complexity index is 1410. The third-order valence-electron chi connectivity index (χ3n) is 7.30. The van der Waals surface area contributed by atoms with Crippen molar-refractivity contribution in [2.24, 2.45) is 7.05 Å². The lowest BCUT2D eigenvalue weighted by Crippen LogP contribution is -2.35. The zero-order valence-electron chi connectivity index (χ0n) is 20.7. The van der Waals surface area contributed by atoms with Gasteiger partial charge in [0.25, 0.3) is 0 Å². The van der Waals surface area contributed by atoms with Gasteiger partial charge in [-0.1, -0.05) is 70.2 Å². The molecule has 1 nitrogen and oxygen atoms in total. The number of hydrogen-bond donors (Lipinski definition) is 0. The molecule has 0 atom stereocenters. The van der Waals surface area contributed by atoms with E-state index < -0.39 is 0 Å². The molecule has 1 heterocycles. The van der Waals surface area contributed by atoms with Gasteiger partial charge in [-0.15, -0.1) is 0 Å². The van der Waals surface area contributed by atoms with Crippen LogP contribution in [-0.2, 0) is 12.5 Å². The molecule has 1 heteroatoms. The highest BCUT2D eigenvalue weighted by Crippen LogP contribution is 2.50. The molecule has 0 aliphatic heterocycles. The molecule has 0 saturated heterocycles. The summed E-state index contributed by atoms with van der Waals surface area (Å²) in [4.78, 5) is 0. The number of benzene rings is 3. The first-order valence-corrected chi connectivity index (χ1v) is 11.3. The van der Waals surface area contributed by atoms with Crippen molar-refractivity contribution in [3.63, 3.8) is 0 Å². The zero-order valence-corrected chi connectivity index (χ0v) is 19.7. The lowest BCUT2D eigenvalue weighted by molar-refractivity contribution is -0.665. The van der Waals surface area contributed by atoms with Gasteiger partial charge in [-0.2, -0.15) is 4.57 Å².